The maximum atomic E-state index is 12.3. The van der Waals surface area contributed by atoms with E-state index in [4.69, 9.17) is 0 Å². The predicted octanol–water partition coefficient (Wildman–Crippen LogP) is 3.42. The van der Waals surface area contributed by atoms with Gasteiger partial charge in [-0.15, -0.1) is 0 Å². The van der Waals surface area contributed by atoms with E-state index in [9.17, 15) is 4.79 Å². The van der Waals surface area contributed by atoms with Crippen molar-refractivity contribution in [3.05, 3.63) is 76.9 Å². The van der Waals surface area contributed by atoms with E-state index in [0.29, 0.717) is 12.1 Å². The molecule has 5 heteroatoms. The van der Waals surface area contributed by atoms with Crippen molar-refractivity contribution in [3.63, 3.8) is 0 Å². The second kappa shape index (κ2) is 7.95. The Morgan fingerprint density at radius 1 is 1.15 bits per heavy atom. The number of carbonyl (C=O) groups is 1. The van der Waals surface area contributed by atoms with Gasteiger partial charge in [-0.1, -0.05) is 13.0 Å². The Balaban J connectivity index is 1.64. The van der Waals surface area contributed by atoms with Gasteiger partial charge in [0.2, 0.25) is 0 Å². The summed E-state index contributed by atoms with van der Waals surface area (Å²) in [6.45, 7) is 6.84. The fourth-order valence-corrected chi connectivity index (χ4v) is 3.16. The number of carbonyl (C=O) groups excluding carboxylic acids is 1. The van der Waals surface area contributed by atoms with E-state index in [0.717, 1.165) is 35.5 Å². The van der Waals surface area contributed by atoms with Crippen LogP contribution in [0.4, 0.5) is 0 Å². The molecule has 0 saturated carbocycles. The Morgan fingerprint density at radius 2 is 1.92 bits per heavy atom. The molecule has 3 aromatic rings. The highest BCUT2D eigenvalue weighted by molar-refractivity contribution is 5.94. The first-order valence-corrected chi connectivity index (χ1v) is 8.92. The molecule has 0 fully saturated rings. The van der Waals surface area contributed by atoms with Crippen LogP contribution in [-0.2, 0) is 12.8 Å². The van der Waals surface area contributed by atoms with Crippen molar-refractivity contribution in [2.24, 2.45) is 0 Å². The fourth-order valence-electron chi connectivity index (χ4n) is 3.16. The first-order valence-electron chi connectivity index (χ1n) is 8.92. The lowest BCUT2D eigenvalue weighted by atomic mass is 10.1. The van der Waals surface area contributed by atoms with E-state index in [1.807, 2.05) is 54.2 Å². The summed E-state index contributed by atoms with van der Waals surface area (Å²) in [6, 6.07) is 11.5. The van der Waals surface area contributed by atoms with Crippen LogP contribution in [0.3, 0.4) is 0 Å². The van der Waals surface area contributed by atoms with E-state index >= 15 is 0 Å². The highest BCUT2D eigenvalue weighted by Crippen LogP contribution is 2.18. The number of nitrogens with one attached hydrogen (secondary N) is 1. The van der Waals surface area contributed by atoms with Gasteiger partial charge in [-0.3, -0.25) is 9.78 Å². The molecule has 0 radical (unpaired) electrons. The van der Waals surface area contributed by atoms with Gasteiger partial charge in [0.1, 0.15) is 0 Å². The van der Waals surface area contributed by atoms with Crippen LogP contribution >= 0.6 is 0 Å². The summed E-state index contributed by atoms with van der Waals surface area (Å²) < 4.78 is 1.94. The number of hydrogen-bond acceptors (Lipinski definition) is 3. The average Bonchev–Trinajstić information content (AvgIpc) is 2.96. The Kier molecular flexibility index (Phi) is 5.46. The van der Waals surface area contributed by atoms with E-state index in [2.05, 4.69) is 29.2 Å². The second-order valence-corrected chi connectivity index (χ2v) is 6.33. The summed E-state index contributed by atoms with van der Waals surface area (Å²) in [5, 5.41) is 7.57. The molecule has 2 aromatic heterocycles. The monoisotopic (exact) mass is 348 g/mol. The van der Waals surface area contributed by atoms with E-state index in [-0.39, 0.29) is 5.91 Å². The van der Waals surface area contributed by atoms with Crippen LogP contribution in [0.1, 0.15) is 39.8 Å². The first-order chi connectivity index (χ1) is 12.6. The molecule has 0 aliphatic carbocycles. The lowest BCUT2D eigenvalue weighted by Gasteiger charge is -2.08. The van der Waals surface area contributed by atoms with Crippen LogP contribution in [0.5, 0.6) is 0 Å². The zero-order valence-corrected chi connectivity index (χ0v) is 15.5. The SMILES string of the molecule is CCc1c(C)nn(-c2ccc(C(=O)NCCc3cccnc3)cc2)c1C. The molecule has 1 aromatic carbocycles. The van der Waals surface area contributed by atoms with Gasteiger partial charge in [-0.25, -0.2) is 4.68 Å². The van der Waals surface area contributed by atoms with Crippen LogP contribution in [0.15, 0.2) is 48.8 Å². The Bertz CT molecular complexity index is 882. The lowest BCUT2D eigenvalue weighted by molar-refractivity contribution is 0.0954. The summed E-state index contributed by atoms with van der Waals surface area (Å²) >= 11 is 0. The average molecular weight is 348 g/mol. The van der Waals surface area contributed by atoms with Gasteiger partial charge in [0, 0.05) is 30.2 Å². The molecule has 2 heterocycles. The number of benzene rings is 1. The van der Waals surface area contributed by atoms with Crippen molar-refractivity contribution in [1.82, 2.24) is 20.1 Å². The van der Waals surface area contributed by atoms with Crippen molar-refractivity contribution in [3.8, 4) is 5.69 Å². The molecule has 26 heavy (non-hydrogen) atoms. The number of pyridine rings is 1. The molecule has 0 spiro atoms. The van der Waals surface area contributed by atoms with Crippen molar-refractivity contribution in [2.45, 2.75) is 33.6 Å². The van der Waals surface area contributed by atoms with Gasteiger partial charge in [0.15, 0.2) is 0 Å². The molecule has 0 aliphatic rings. The zero-order valence-electron chi connectivity index (χ0n) is 15.5. The molecule has 5 nitrogen and oxygen atoms in total. The quantitative estimate of drug-likeness (QED) is 0.742. The van der Waals surface area contributed by atoms with E-state index in [1.165, 1.54) is 5.56 Å². The summed E-state index contributed by atoms with van der Waals surface area (Å²) in [5.41, 5.74) is 6.22. The predicted molar refractivity (Wildman–Crippen MR) is 103 cm³/mol. The van der Waals surface area contributed by atoms with Crippen molar-refractivity contribution < 1.29 is 4.79 Å². The van der Waals surface area contributed by atoms with Crippen LogP contribution in [0.25, 0.3) is 5.69 Å². The molecule has 3 rings (SSSR count). The molecule has 0 bridgehead atoms. The van der Waals surface area contributed by atoms with Gasteiger partial charge >= 0.3 is 0 Å². The number of amides is 1. The lowest BCUT2D eigenvalue weighted by Crippen LogP contribution is -2.25. The number of hydrogen-bond donors (Lipinski definition) is 1. The molecular formula is C21H24N4O. The molecule has 0 aliphatic heterocycles. The van der Waals surface area contributed by atoms with E-state index in [1.54, 1.807) is 6.20 Å². The molecule has 0 saturated heterocycles. The topological polar surface area (TPSA) is 59.8 Å². The van der Waals surface area contributed by atoms with Crippen molar-refractivity contribution >= 4 is 5.91 Å². The van der Waals surface area contributed by atoms with Crippen LogP contribution in [-0.4, -0.2) is 27.2 Å². The fraction of sp³-hybridized carbons (Fsp3) is 0.286. The van der Waals surface area contributed by atoms with Crippen LogP contribution in [0.2, 0.25) is 0 Å². The largest absolute Gasteiger partial charge is 0.352 e. The number of rotatable bonds is 6. The molecular weight excluding hydrogens is 324 g/mol. The highest BCUT2D eigenvalue weighted by Gasteiger charge is 2.12. The Hall–Kier alpha value is -2.95. The van der Waals surface area contributed by atoms with Crippen LogP contribution < -0.4 is 5.32 Å². The van der Waals surface area contributed by atoms with Gasteiger partial charge in [0.25, 0.3) is 5.91 Å². The van der Waals surface area contributed by atoms with Gasteiger partial charge in [-0.05, 0) is 68.1 Å². The molecule has 0 atom stereocenters. The maximum absolute atomic E-state index is 12.3. The number of aryl methyl sites for hydroxylation is 1. The minimum absolute atomic E-state index is 0.0666. The first kappa shape index (κ1) is 17.9. The molecule has 134 valence electrons. The summed E-state index contributed by atoms with van der Waals surface area (Å²) in [4.78, 5) is 16.4. The molecule has 0 unspecified atom stereocenters. The number of nitrogens with zero attached hydrogens (tertiary/aromatic N) is 3. The minimum Gasteiger partial charge on any atom is -0.352 e. The normalized spacial score (nSPS) is 10.7. The van der Waals surface area contributed by atoms with Gasteiger partial charge in [-0.2, -0.15) is 5.10 Å². The summed E-state index contributed by atoms with van der Waals surface area (Å²) in [6.07, 6.45) is 5.30. The second-order valence-electron chi connectivity index (χ2n) is 6.33. The standard InChI is InChI=1S/C21H24N4O/c1-4-20-15(2)24-25(16(20)3)19-9-7-18(8-10-19)21(26)23-13-11-17-6-5-12-22-14-17/h5-10,12,14H,4,11,13H2,1-3H3,(H,23,26). The van der Waals surface area contributed by atoms with E-state index < -0.39 is 0 Å². The van der Waals surface area contributed by atoms with Gasteiger partial charge in [0.05, 0.1) is 11.4 Å². The van der Waals surface area contributed by atoms with Crippen molar-refractivity contribution in [1.29, 1.82) is 0 Å². The van der Waals surface area contributed by atoms with Gasteiger partial charge < -0.3 is 5.32 Å². The summed E-state index contributed by atoms with van der Waals surface area (Å²) in [7, 11) is 0. The number of aromatic nitrogens is 3. The maximum Gasteiger partial charge on any atom is 0.251 e. The smallest absolute Gasteiger partial charge is 0.251 e. The zero-order chi connectivity index (χ0) is 18.5. The molecule has 1 amide bonds. The van der Waals surface area contributed by atoms with Crippen molar-refractivity contribution in [2.75, 3.05) is 6.54 Å². The third-order valence-electron chi connectivity index (χ3n) is 4.59. The highest BCUT2D eigenvalue weighted by atomic mass is 16.1. The summed E-state index contributed by atoms with van der Waals surface area (Å²) in [5.74, 6) is -0.0666. The minimum atomic E-state index is -0.0666. The third-order valence-corrected chi connectivity index (χ3v) is 4.59. The Labute approximate surface area is 154 Å². The molecule has 1 N–H and O–H groups in total. The van der Waals surface area contributed by atoms with Crippen LogP contribution in [0, 0.1) is 13.8 Å². The third kappa shape index (κ3) is 3.82. The Morgan fingerprint density at radius 3 is 2.54 bits per heavy atom.